The maximum absolute atomic E-state index is 13.1. The molecular weight excluding hydrogens is 272 g/mol. The van der Waals surface area contributed by atoms with Crippen LogP contribution in [0.1, 0.15) is 11.1 Å². The molecule has 0 saturated heterocycles. The zero-order valence-corrected chi connectivity index (χ0v) is 11.1. The summed E-state index contributed by atoms with van der Waals surface area (Å²) in [7, 11) is 0. The van der Waals surface area contributed by atoms with Crippen molar-refractivity contribution < 1.29 is 4.39 Å². The first-order chi connectivity index (χ1) is 8.66. The lowest BCUT2D eigenvalue weighted by atomic mass is 10.2. The van der Waals surface area contributed by atoms with E-state index in [0.29, 0.717) is 18.1 Å². The summed E-state index contributed by atoms with van der Waals surface area (Å²) in [6.07, 6.45) is 0. The molecule has 0 aliphatic heterocycles. The standard InChI is InChI=1S/C14H12Cl2FN/c15-13-4-2-1-3-10(13)8-18-9-11-7-12(17)5-6-14(11)16/h1-7,18H,8-9H2. The van der Waals surface area contributed by atoms with Gasteiger partial charge in [-0.2, -0.15) is 0 Å². The van der Waals surface area contributed by atoms with Crippen LogP contribution in [0.4, 0.5) is 4.39 Å². The van der Waals surface area contributed by atoms with Gasteiger partial charge in [0.25, 0.3) is 0 Å². The summed E-state index contributed by atoms with van der Waals surface area (Å²) in [5.41, 5.74) is 1.75. The van der Waals surface area contributed by atoms with Crippen LogP contribution in [-0.4, -0.2) is 0 Å². The van der Waals surface area contributed by atoms with Gasteiger partial charge in [0.05, 0.1) is 0 Å². The maximum Gasteiger partial charge on any atom is 0.123 e. The first-order valence-corrected chi connectivity index (χ1v) is 6.30. The predicted octanol–water partition coefficient (Wildman–Crippen LogP) is 4.42. The highest BCUT2D eigenvalue weighted by Gasteiger charge is 2.03. The summed E-state index contributed by atoms with van der Waals surface area (Å²) < 4.78 is 13.1. The van der Waals surface area contributed by atoms with Crippen LogP contribution in [0.3, 0.4) is 0 Å². The molecule has 0 heterocycles. The Morgan fingerprint density at radius 1 is 0.889 bits per heavy atom. The van der Waals surface area contributed by atoms with Crippen molar-refractivity contribution in [3.63, 3.8) is 0 Å². The SMILES string of the molecule is Fc1ccc(Cl)c(CNCc2ccccc2Cl)c1. The largest absolute Gasteiger partial charge is 0.309 e. The Kier molecular flexibility index (Phi) is 4.59. The molecule has 94 valence electrons. The van der Waals surface area contributed by atoms with Gasteiger partial charge < -0.3 is 5.32 Å². The Hall–Kier alpha value is -1.09. The maximum atomic E-state index is 13.1. The van der Waals surface area contributed by atoms with Gasteiger partial charge in [-0.3, -0.25) is 0 Å². The Labute approximate surface area is 116 Å². The van der Waals surface area contributed by atoms with E-state index in [1.54, 1.807) is 6.07 Å². The van der Waals surface area contributed by atoms with E-state index in [9.17, 15) is 4.39 Å². The highest BCUT2D eigenvalue weighted by molar-refractivity contribution is 6.31. The minimum absolute atomic E-state index is 0.283. The minimum atomic E-state index is -0.283. The van der Waals surface area contributed by atoms with Crippen LogP contribution >= 0.6 is 23.2 Å². The van der Waals surface area contributed by atoms with Crippen LogP contribution in [0, 0.1) is 5.82 Å². The normalized spacial score (nSPS) is 10.6. The summed E-state index contributed by atoms with van der Waals surface area (Å²) in [6.45, 7) is 1.12. The first-order valence-electron chi connectivity index (χ1n) is 5.55. The van der Waals surface area contributed by atoms with E-state index >= 15 is 0 Å². The molecule has 0 spiro atoms. The third-order valence-corrected chi connectivity index (χ3v) is 3.33. The fourth-order valence-corrected chi connectivity index (χ4v) is 2.04. The second-order valence-electron chi connectivity index (χ2n) is 3.93. The molecule has 0 bridgehead atoms. The van der Waals surface area contributed by atoms with Gasteiger partial charge in [-0.1, -0.05) is 41.4 Å². The highest BCUT2D eigenvalue weighted by Crippen LogP contribution is 2.18. The number of hydrogen-bond donors (Lipinski definition) is 1. The van der Waals surface area contributed by atoms with Crippen molar-refractivity contribution in [3.05, 3.63) is 69.5 Å². The van der Waals surface area contributed by atoms with E-state index in [0.717, 1.165) is 16.1 Å². The lowest BCUT2D eigenvalue weighted by Crippen LogP contribution is -2.13. The molecule has 0 aromatic heterocycles. The monoisotopic (exact) mass is 283 g/mol. The van der Waals surface area contributed by atoms with Crippen LogP contribution in [0.25, 0.3) is 0 Å². The Balaban J connectivity index is 1.96. The van der Waals surface area contributed by atoms with Crippen LogP contribution < -0.4 is 5.32 Å². The topological polar surface area (TPSA) is 12.0 Å². The fourth-order valence-electron chi connectivity index (χ4n) is 1.65. The smallest absolute Gasteiger partial charge is 0.123 e. The Bertz CT molecular complexity index is 543. The molecule has 0 aliphatic carbocycles. The molecule has 2 rings (SSSR count). The average molecular weight is 284 g/mol. The van der Waals surface area contributed by atoms with Gasteiger partial charge in [0.1, 0.15) is 5.82 Å². The van der Waals surface area contributed by atoms with E-state index in [2.05, 4.69) is 5.32 Å². The van der Waals surface area contributed by atoms with Crippen molar-refractivity contribution in [1.29, 1.82) is 0 Å². The summed E-state index contributed by atoms with van der Waals surface area (Å²) in [6, 6.07) is 11.9. The van der Waals surface area contributed by atoms with Crippen molar-refractivity contribution in [1.82, 2.24) is 5.32 Å². The molecule has 0 unspecified atom stereocenters. The van der Waals surface area contributed by atoms with E-state index in [1.807, 2.05) is 24.3 Å². The molecule has 2 aromatic rings. The third kappa shape index (κ3) is 3.45. The van der Waals surface area contributed by atoms with Gasteiger partial charge in [0, 0.05) is 23.1 Å². The Morgan fingerprint density at radius 3 is 2.33 bits per heavy atom. The van der Waals surface area contributed by atoms with E-state index in [4.69, 9.17) is 23.2 Å². The second-order valence-corrected chi connectivity index (χ2v) is 4.75. The molecule has 0 amide bonds. The summed E-state index contributed by atoms with van der Waals surface area (Å²) >= 11 is 12.0. The van der Waals surface area contributed by atoms with Gasteiger partial charge in [-0.05, 0) is 35.4 Å². The van der Waals surface area contributed by atoms with Crippen LogP contribution in [0.15, 0.2) is 42.5 Å². The predicted molar refractivity (Wildman–Crippen MR) is 73.4 cm³/mol. The molecular formula is C14H12Cl2FN. The molecule has 0 aliphatic rings. The van der Waals surface area contributed by atoms with Gasteiger partial charge >= 0.3 is 0 Å². The number of rotatable bonds is 4. The molecule has 0 fully saturated rings. The molecule has 18 heavy (non-hydrogen) atoms. The lowest BCUT2D eigenvalue weighted by Gasteiger charge is -2.08. The number of nitrogens with one attached hydrogen (secondary N) is 1. The average Bonchev–Trinajstić information content (AvgIpc) is 2.36. The molecule has 0 atom stereocenters. The molecule has 2 aromatic carbocycles. The molecule has 0 radical (unpaired) electrons. The zero-order chi connectivity index (χ0) is 13.0. The van der Waals surface area contributed by atoms with Crippen molar-refractivity contribution in [2.24, 2.45) is 0 Å². The van der Waals surface area contributed by atoms with Gasteiger partial charge in [-0.15, -0.1) is 0 Å². The number of halogens is 3. The molecule has 4 heteroatoms. The molecule has 1 N–H and O–H groups in total. The van der Waals surface area contributed by atoms with Gasteiger partial charge in [0.15, 0.2) is 0 Å². The third-order valence-electron chi connectivity index (χ3n) is 2.60. The van der Waals surface area contributed by atoms with E-state index in [1.165, 1.54) is 12.1 Å². The number of hydrogen-bond acceptors (Lipinski definition) is 1. The van der Waals surface area contributed by atoms with E-state index in [-0.39, 0.29) is 5.82 Å². The summed E-state index contributed by atoms with van der Waals surface area (Å²) in [5, 5.41) is 4.47. The summed E-state index contributed by atoms with van der Waals surface area (Å²) in [5.74, 6) is -0.283. The minimum Gasteiger partial charge on any atom is -0.309 e. The number of benzene rings is 2. The zero-order valence-electron chi connectivity index (χ0n) is 9.59. The van der Waals surface area contributed by atoms with Crippen molar-refractivity contribution >= 4 is 23.2 Å². The van der Waals surface area contributed by atoms with E-state index < -0.39 is 0 Å². The fraction of sp³-hybridized carbons (Fsp3) is 0.143. The molecule has 1 nitrogen and oxygen atoms in total. The van der Waals surface area contributed by atoms with Crippen LogP contribution in [-0.2, 0) is 13.1 Å². The van der Waals surface area contributed by atoms with Gasteiger partial charge in [-0.25, -0.2) is 4.39 Å². The van der Waals surface area contributed by atoms with Crippen LogP contribution in [0.2, 0.25) is 10.0 Å². The lowest BCUT2D eigenvalue weighted by molar-refractivity contribution is 0.620. The van der Waals surface area contributed by atoms with Crippen molar-refractivity contribution in [2.45, 2.75) is 13.1 Å². The van der Waals surface area contributed by atoms with Crippen molar-refractivity contribution in [3.8, 4) is 0 Å². The molecule has 0 saturated carbocycles. The van der Waals surface area contributed by atoms with Gasteiger partial charge in [0.2, 0.25) is 0 Å². The summed E-state index contributed by atoms with van der Waals surface area (Å²) in [4.78, 5) is 0. The van der Waals surface area contributed by atoms with Crippen molar-refractivity contribution in [2.75, 3.05) is 0 Å². The first kappa shape index (κ1) is 13.3. The Morgan fingerprint density at radius 2 is 1.56 bits per heavy atom. The van der Waals surface area contributed by atoms with Crippen LogP contribution in [0.5, 0.6) is 0 Å². The second kappa shape index (κ2) is 6.19. The quantitative estimate of drug-likeness (QED) is 0.876. The highest BCUT2D eigenvalue weighted by atomic mass is 35.5.